The molecule has 4 N–H and O–H groups in total. The zero-order chi connectivity index (χ0) is 32.9. The molecule has 2 aliphatic heterocycles. The summed E-state index contributed by atoms with van der Waals surface area (Å²) in [6, 6.07) is 15.5. The molecule has 2 aromatic carbocycles. The van der Waals surface area contributed by atoms with Crippen LogP contribution in [0.15, 0.2) is 54.7 Å². The molecule has 2 aliphatic rings. The molecule has 2 amide bonds. The average molecular weight is 677 g/mol. The van der Waals surface area contributed by atoms with E-state index >= 15 is 0 Å². The van der Waals surface area contributed by atoms with Gasteiger partial charge in [0, 0.05) is 78.9 Å². The predicted octanol–water partition coefficient (Wildman–Crippen LogP) is 4.54. The van der Waals surface area contributed by atoms with Crippen molar-refractivity contribution in [3.8, 4) is 45.4 Å². The van der Waals surface area contributed by atoms with E-state index in [4.69, 9.17) is 42.6 Å². The van der Waals surface area contributed by atoms with Crippen molar-refractivity contribution in [2.45, 2.75) is 44.4 Å². The van der Waals surface area contributed by atoms with Crippen molar-refractivity contribution in [3.05, 3.63) is 76.0 Å². The summed E-state index contributed by atoms with van der Waals surface area (Å²) in [6.45, 7) is 2.19. The van der Waals surface area contributed by atoms with Gasteiger partial charge >= 0.3 is 0 Å². The van der Waals surface area contributed by atoms with Gasteiger partial charge in [0.25, 0.3) is 0 Å². The summed E-state index contributed by atoms with van der Waals surface area (Å²) < 4.78 is 11.2. The number of ether oxygens (including phenoxy) is 2. The van der Waals surface area contributed by atoms with Crippen LogP contribution >= 0.6 is 23.2 Å². The van der Waals surface area contributed by atoms with Crippen molar-refractivity contribution in [2.75, 3.05) is 27.3 Å². The smallest absolute Gasteiger partial charge is 0.237 e. The summed E-state index contributed by atoms with van der Waals surface area (Å²) in [5, 5.41) is 13.5. The molecule has 47 heavy (non-hydrogen) atoms. The number of halogens is 2. The van der Waals surface area contributed by atoms with Crippen molar-refractivity contribution < 1.29 is 19.1 Å². The zero-order valence-corrected chi connectivity index (χ0v) is 27.5. The number of carbonyl (C=O) groups is 2. The van der Waals surface area contributed by atoms with Crippen molar-refractivity contribution in [3.63, 3.8) is 0 Å². The summed E-state index contributed by atoms with van der Waals surface area (Å²) in [4.78, 5) is 37.1. The van der Waals surface area contributed by atoms with Gasteiger partial charge in [-0.25, -0.2) is 9.97 Å². The largest absolute Gasteiger partial charge is 0.481 e. The summed E-state index contributed by atoms with van der Waals surface area (Å²) in [6.07, 6.45) is 3.49. The fourth-order valence-corrected chi connectivity index (χ4v) is 6.47. The van der Waals surface area contributed by atoms with Crippen LogP contribution in [0.2, 0.25) is 10.0 Å². The first kappa shape index (κ1) is 32.6. The van der Waals surface area contributed by atoms with Gasteiger partial charge < -0.3 is 30.7 Å². The minimum absolute atomic E-state index is 0.0468. The molecule has 4 heterocycles. The van der Waals surface area contributed by atoms with Crippen molar-refractivity contribution >= 4 is 35.0 Å². The van der Waals surface area contributed by atoms with Gasteiger partial charge in [-0.2, -0.15) is 0 Å². The number of nitrogens with one attached hydrogen (secondary N) is 4. The van der Waals surface area contributed by atoms with Gasteiger partial charge in [-0.05, 0) is 12.5 Å². The van der Waals surface area contributed by atoms with Crippen LogP contribution in [0.1, 0.15) is 30.5 Å². The molecule has 2 aromatic heterocycles. The summed E-state index contributed by atoms with van der Waals surface area (Å²) in [5.74, 6) is 0.994. The Labute approximate surface area is 282 Å². The number of rotatable bonds is 12. The standard InChI is InChI=1S/C34H35Cl2N7O4/c1-46-33-19(14-38-21-13-30(45)40-16-21)9-11-26(42-33)24-7-3-5-22(31(24)35)23-6-4-8-25(32(23)36)27-18-39-28(34(43-27)47-2)17-37-15-20-10-12-29(44)41-20/h3-9,11,18,20-21,37-38H,10,12-17H2,1-2H3,(H,40,45)(H,41,44)/t20-,21-/m0/s1. The van der Waals surface area contributed by atoms with E-state index in [9.17, 15) is 9.59 Å². The van der Waals surface area contributed by atoms with Crippen LogP contribution in [0.25, 0.3) is 33.6 Å². The van der Waals surface area contributed by atoms with Crippen LogP contribution in [0.4, 0.5) is 0 Å². The lowest BCUT2D eigenvalue weighted by atomic mass is 9.98. The van der Waals surface area contributed by atoms with Gasteiger partial charge in [-0.1, -0.05) is 65.7 Å². The molecule has 0 radical (unpaired) electrons. The van der Waals surface area contributed by atoms with Gasteiger partial charge in [-0.15, -0.1) is 0 Å². The van der Waals surface area contributed by atoms with E-state index in [1.165, 1.54) is 0 Å². The molecule has 2 atom stereocenters. The number of hydrogen-bond acceptors (Lipinski definition) is 9. The third-order valence-corrected chi connectivity index (χ3v) is 9.12. The van der Waals surface area contributed by atoms with Crippen LogP contribution in [0.3, 0.4) is 0 Å². The number of methoxy groups -OCH3 is 2. The third-order valence-electron chi connectivity index (χ3n) is 8.30. The lowest BCUT2D eigenvalue weighted by molar-refractivity contribution is -0.120. The maximum atomic E-state index is 11.5. The van der Waals surface area contributed by atoms with Crippen LogP contribution in [-0.2, 0) is 22.7 Å². The number of amides is 2. The minimum Gasteiger partial charge on any atom is -0.481 e. The first-order chi connectivity index (χ1) is 22.8. The Morgan fingerprint density at radius 1 is 0.851 bits per heavy atom. The van der Waals surface area contributed by atoms with Gasteiger partial charge in [0.05, 0.1) is 41.8 Å². The van der Waals surface area contributed by atoms with E-state index < -0.39 is 0 Å². The highest BCUT2D eigenvalue weighted by molar-refractivity contribution is 6.39. The molecule has 0 aliphatic carbocycles. The third kappa shape index (κ3) is 7.33. The molecular weight excluding hydrogens is 641 g/mol. The Bertz CT molecular complexity index is 1800. The second kappa shape index (κ2) is 14.6. The lowest BCUT2D eigenvalue weighted by Gasteiger charge is -2.16. The second-order valence-electron chi connectivity index (χ2n) is 11.4. The summed E-state index contributed by atoms with van der Waals surface area (Å²) >= 11 is 14.1. The highest BCUT2D eigenvalue weighted by Crippen LogP contribution is 2.42. The fraction of sp³-hybridized carbons (Fsp3) is 0.324. The number of benzene rings is 2. The number of hydrogen-bond donors (Lipinski definition) is 4. The van der Waals surface area contributed by atoms with Crippen LogP contribution in [0.5, 0.6) is 11.8 Å². The molecule has 0 saturated carbocycles. The zero-order valence-electron chi connectivity index (χ0n) is 26.0. The quantitative estimate of drug-likeness (QED) is 0.170. The van der Waals surface area contributed by atoms with E-state index in [0.717, 1.165) is 28.7 Å². The first-order valence-corrected chi connectivity index (χ1v) is 16.1. The Balaban J connectivity index is 1.22. The topological polar surface area (TPSA) is 139 Å². The number of nitrogens with zero attached hydrogens (tertiary/aromatic N) is 3. The Hall–Kier alpha value is -4.29. The van der Waals surface area contributed by atoms with Gasteiger partial charge in [0.15, 0.2) is 0 Å². The highest BCUT2D eigenvalue weighted by atomic mass is 35.5. The maximum Gasteiger partial charge on any atom is 0.237 e. The molecule has 2 fully saturated rings. The number of pyridine rings is 1. The second-order valence-corrected chi connectivity index (χ2v) is 12.2. The number of aromatic nitrogens is 3. The molecule has 11 nitrogen and oxygen atoms in total. The molecule has 0 unspecified atom stereocenters. The summed E-state index contributed by atoms with van der Waals surface area (Å²) in [5.41, 5.74) is 5.61. The molecule has 6 rings (SSSR count). The van der Waals surface area contributed by atoms with E-state index in [-0.39, 0.29) is 23.9 Å². The van der Waals surface area contributed by atoms with Gasteiger partial charge in [-0.3, -0.25) is 14.6 Å². The first-order valence-electron chi connectivity index (χ1n) is 15.4. The van der Waals surface area contributed by atoms with Crippen LogP contribution in [0, 0.1) is 0 Å². The average Bonchev–Trinajstić information content (AvgIpc) is 3.71. The van der Waals surface area contributed by atoms with E-state index in [1.54, 1.807) is 20.4 Å². The number of carbonyl (C=O) groups excluding carboxylic acids is 2. The van der Waals surface area contributed by atoms with E-state index in [2.05, 4.69) is 26.3 Å². The van der Waals surface area contributed by atoms with E-state index in [0.29, 0.717) is 83.5 Å². The molecule has 244 valence electrons. The van der Waals surface area contributed by atoms with Crippen LogP contribution in [-0.4, -0.2) is 66.2 Å². The molecule has 2 saturated heterocycles. The molecule has 4 aromatic rings. The normalized spacial score (nSPS) is 17.4. The molecular formula is C34H35Cl2N7O4. The van der Waals surface area contributed by atoms with Crippen molar-refractivity contribution in [2.24, 2.45) is 0 Å². The maximum absolute atomic E-state index is 11.5. The minimum atomic E-state index is 0.0468. The SMILES string of the molecule is COc1nc(-c2cccc(-c3cccc(-c4cnc(CNC[C@@H]5CCC(=O)N5)c(OC)n4)c3Cl)c2Cl)ccc1CN[C@@H]1CNC(=O)C1. The molecule has 13 heteroatoms. The Morgan fingerprint density at radius 2 is 1.53 bits per heavy atom. The van der Waals surface area contributed by atoms with Gasteiger partial charge in [0.2, 0.25) is 23.6 Å². The lowest BCUT2D eigenvalue weighted by Crippen LogP contribution is -2.35. The molecule has 0 spiro atoms. The highest BCUT2D eigenvalue weighted by Gasteiger charge is 2.23. The van der Waals surface area contributed by atoms with E-state index in [1.807, 2.05) is 48.5 Å². The molecule has 0 bridgehead atoms. The predicted molar refractivity (Wildman–Crippen MR) is 180 cm³/mol. The van der Waals surface area contributed by atoms with Gasteiger partial charge in [0.1, 0.15) is 5.69 Å². The monoisotopic (exact) mass is 675 g/mol. The Kier molecular flexibility index (Phi) is 10.2. The van der Waals surface area contributed by atoms with Crippen molar-refractivity contribution in [1.82, 2.24) is 36.2 Å². The summed E-state index contributed by atoms with van der Waals surface area (Å²) in [7, 11) is 3.14. The van der Waals surface area contributed by atoms with Crippen molar-refractivity contribution in [1.29, 1.82) is 0 Å². The van der Waals surface area contributed by atoms with Crippen LogP contribution < -0.4 is 30.7 Å². The fourth-order valence-electron chi connectivity index (χ4n) is 5.82. The Morgan fingerprint density at radius 3 is 2.17 bits per heavy atom.